The number of ether oxygens (including phenoxy) is 1. The number of benzene rings is 2. The topological polar surface area (TPSA) is 29.5 Å². The number of halogens is 1. The zero-order valence-electron chi connectivity index (χ0n) is 13.9. The minimum atomic E-state index is -0.432. The lowest BCUT2D eigenvalue weighted by Gasteiger charge is -2.39. The van der Waals surface area contributed by atoms with Crippen LogP contribution in [0, 0.1) is 5.82 Å². The smallest absolute Gasteiger partial charge is 0.252 e. The molecule has 0 bridgehead atoms. The first-order valence-corrected chi connectivity index (χ1v) is 8.64. The van der Waals surface area contributed by atoms with Crippen molar-refractivity contribution < 1.29 is 13.9 Å². The van der Waals surface area contributed by atoms with E-state index in [1.807, 2.05) is 29.2 Å². The third kappa shape index (κ3) is 3.10. The Bertz CT molecular complexity index is 800. The molecule has 0 fully saturated rings. The van der Waals surface area contributed by atoms with E-state index in [9.17, 15) is 9.18 Å². The van der Waals surface area contributed by atoms with Gasteiger partial charge in [0.1, 0.15) is 11.9 Å². The molecule has 4 rings (SSSR count). The molecular formula is C21H20FNO2. The van der Waals surface area contributed by atoms with Gasteiger partial charge in [0.25, 0.3) is 5.91 Å². The van der Waals surface area contributed by atoms with Crippen molar-refractivity contribution in [2.24, 2.45) is 0 Å². The summed E-state index contributed by atoms with van der Waals surface area (Å²) >= 11 is 0. The molecule has 0 N–H and O–H groups in total. The minimum absolute atomic E-state index is 0.00757. The zero-order valence-corrected chi connectivity index (χ0v) is 13.9. The van der Waals surface area contributed by atoms with E-state index in [0.717, 1.165) is 17.5 Å². The molecule has 3 nitrogen and oxygen atoms in total. The van der Waals surface area contributed by atoms with Crippen LogP contribution < -0.4 is 0 Å². The van der Waals surface area contributed by atoms with Crippen LogP contribution in [0.2, 0.25) is 0 Å². The largest absolute Gasteiger partial charge is 0.364 e. The van der Waals surface area contributed by atoms with Crippen LogP contribution in [0.25, 0.3) is 0 Å². The van der Waals surface area contributed by atoms with Crippen LogP contribution in [0.5, 0.6) is 0 Å². The summed E-state index contributed by atoms with van der Waals surface area (Å²) in [5, 5.41) is 0. The zero-order chi connectivity index (χ0) is 17.2. The van der Waals surface area contributed by atoms with E-state index in [-0.39, 0.29) is 17.8 Å². The molecular weight excluding hydrogens is 317 g/mol. The van der Waals surface area contributed by atoms with Gasteiger partial charge in [-0.3, -0.25) is 4.79 Å². The summed E-state index contributed by atoms with van der Waals surface area (Å²) in [4.78, 5) is 15.0. The third-order valence-electron chi connectivity index (χ3n) is 4.94. The molecule has 2 aromatic carbocycles. The van der Waals surface area contributed by atoms with Crippen LogP contribution in [0.15, 0.2) is 60.7 Å². The van der Waals surface area contributed by atoms with Gasteiger partial charge in [-0.1, -0.05) is 48.6 Å². The predicted octanol–water partition coefficient (Wildman–Crippen LogP) is 3.64. The quantitative estimate of drug-likeness (QED) is 0.783. The molecule has 2 aliphatic heterocycles. The number of hydrogen-bond acceptors (Lipinski definition) is 2. The molecule has 1 unspecified atom stereocenters. The lowest BCUT2D eigenvalue weighted by molar-refractivity contribution is -0.145. The number of rotatable bonds is 2. The van der Waals surface area contributed by atoms with E-state index >= 15 is 0 Å². The van der Waals surface area contributed by atoms with Crippen LogP contribution in [-0.2, 0) is 16.0 Å². The molecule has 0 radical (unpaired) electrons. The maximum atomic E-state index is 13.4. The maximum Gasteiger partial charge on any atom is 0.252 e. The summed E-state index contributed by atoms with van der Waals surface area (Å²) in [6.07, 6.45) is 4.93. The van der Waals surface area contributed by atoms with Gasteiger partial charge in [0.05, 0.1) is 12.6 Å². The van der Waals surface area contributed by atoms with Crippen molar-refractivity contribution in [3.05, 3.63) is 83.2 Å². The third-order valence-corrected chi connectivity index (χ3v) is 4.94. The molecule has 2 aliphatic rings. The normalized spacial score (nSPS) is 22.5. The van der Waals surface area contributed by atoms with Crippen LogP contribution in [-0.4, -0.2) is 30.1 Å². The number of carbonyl (C=O) groups is 1. The molecule has 0 saturated heterocycles. The van der Waals surface area contributed by atoms with E-state index < -0.39 is 6.10 Å². The Morgan fingerprint density at radius 2 is 1.88 bits per heavy atom. The lowest BCUT2D eigenvalue weighted by atomic mass is 9.87. The van der Waals surface area contributed by atoms with E-state index in [1.165, 1.54) is 17.7 Å². The molecule has 0 aromatic heterocycles. The van der Waals surface area contributed by atoms with E-state index in [2.05, 4.69) is 12.1 Å². The number of nitrogens with zero attached hydrogens (tertiary/aromatic N) is 1. The molecule has 2 aromatic rings. The number of carbonyl (C=O) groups excluding carboxylic acids is 1. The Kier molecular flexibility index (Phi) is 4.36. The highest BCUT2D eigenvalue weighted by Crippen LogP contribution is 2.36. The summed E-state index contributed by atoms with van der Waals surface area (Å²) in [6, 6.07) is 14.4. The lowest BCUT2D eigenvalue weighted by Crippen LogP contribution is -2.46. The molecule has 4 heteroatoms. The molecule has 0 aliphatic carbocycles. The van der Waals surface area contributed by atoms with Crippen LogP contribution in [0.1, 0.15) is 29.2 Å². The second-order valence-electron chi connectivity index (χ2n) is 6.46. The summed E-state index contributed by atoms with van der Waals surface area (Å²) < 4.78 is 19.0. The van der Waals surface area contributed by atoms with Gasteiger partial charge in [-0.05, 0) is 35.2 Å². The van der Waals surface area contributed by atoms with Crippen molar-refractivity contribution in [2.45, 2.75) is 25.0 Å². The fraction of sp³-hybridized carbons (Fsp3) is 0.286. The highest BCUT2D eigenvalue weighted by molar-refractivity contribution is 5.82. The molecule has 25 heavy (non-hydrogen) atoms. The van der Waals surface area contributed by atoms with Crippen LogP contribution in [0.4, 0.5) is 4.39 Å². The Hall–Kier alpha value is -2.46. The highest BCUT2D eigenvalue weighted by atomic mass is 19.1. The maximum absolute atomic E-state index is 13.4. The Labute approximate surface area is 146 Å². The van der Waals surface area contributed by atoms with Crippen molar-refractivity contribution in [1.82, 2.24) is 4.90 Å². The second kappa shape index (κ2) is 6.81. The van der Waals surface area contributed by atoms with Gasteiger partial charge in [-0.2, -0.15) is 0 Å². The molecule has 0 saturated carbocycles. The average molecular weight is 337 g/mol. The Morgan fingerprint density at radius 1 is 1.08 bits per heavy atom. The van der Waals surface area contributed by atoms with E-state index in [4.69, 9.17) is 4.74 Å². The monoisotopic (exact) mass is 337 g/mol. The van der Waals surface area contributed by atoms with Crippen molar-refractivity contribution in [3.8, 4) is 0 Å². The number of amides is 1. The summed E-state index contributed by atoms with van der Waals surface area (Å²) in [6.45, 7) is 1.11. The second-order valence-corrected chi connectivity index (χ2v) is 6.46. The fourth-order valence-corrected chi connectivity index (χ4v) is 3.69. The van der Waals surface area contributed by atoms with Gasteiger partial charge in [0, 0.05) is 13.0 Å². The fourth-order valence-electron chi connectivity index (χ4n) is 3.69. The van der Waals surface area contributed by atoms with Gasteiger partial charge in [-0.25, -0.2) is 4.39 Å². The molecule has 128 valence electrons. The summed E-state index contributed by atoms with van der Waals surface area (Å²) in [7, 11) is 0. The number of hydrogen-bond donors (Lipinski definition) is 0. The van der Waals surface area contributed by atoms with Gasteiger partial charge >= 0.3 is 0 Å². The van der Waals surface area contributed by atoms with Crippen molar-refractivity contribution in [1.29, 1.82) is 0 Å². The van der Waals surface area contributed by atoms with Crippen molar-refractivity contribution in [3.63, 3.8) is 0 Å². The molecule has 1 amide bonds. The standard InChI is InChI=1S/C21H20FNO2/c22-17-10-8-16(9-11-17)20-18-6-2-1-5-15(18)12-13-23(20)21(24)19-7-3-4-14-25-19/h1-6,8-11,19-20H,7,12-14H2/t19?,20-/m0/s1. The first-order chi connectivity index (χ1) is 12.2. The van der Waals surface area contributed by atoms with Gasteiger partial charge in [0.15, 0.2) is 0 Å². The summed E-state index contributed by atoms with van der Waals surface area (Å²) in [5.74, 6) is -0.264. The first kappa shape index (κ1) is 16.0. The van der Waals surface area contributed by atoms with E-state index in [0.29, 0.717) is 19.6 Å². The summed E-state index contributed by atoms with van der Waals surface area (Å²) in [5.41, 5.74) is 3.28. The minimum Gasteiger partial charge on any atom is -0.364 e. The SMILES string of the molecule is O=C(C1CC=CCO1)N1CCc2ccccc2[C@@H]1c1ccc(F)cc1. The van der Waals surface area contributed by atoms with Crippen LogP contribution >= 0.6 is 0 Å². The average Bonchev–Trinajstić information content (AvgIpc) is 2.68. The predicted molar refractivity (Wildman–Crippen MR) is 93.6 cm³/mol. The number of fused-ring (bicyclic) bond motifs is 1. The Morgan fingerprint density at radius 3 is 2.64 bits per heavy atom. The molecule has 2 heterocycles. The highest BCUT2D eigenvalue weighted by Gasteiger charge is 2.35. The van der Waals surface area contributed by atoms with Gasteiger partial charge in [0.2, 0.25) is 0 Å². The molecule has 2 atom stereocenters. The van der Waals surface area contributed by atoms with Gasteiger partial charge < -0.3 is 9.64 Å². The molecule has 0 spiro atoms. The van der Waals surface area contributed by atoms with E-state index in [1.54, 1.807) is 12.1 Å². The van der Waals surface area contributed by atoms with Crippen LogP contribution in [0.3, 0.4) is 0 Å². The van der Waals surface area contributed by atoms with Crippen molar-refractivity contribution >= 4 is 5.91 Å². The van der Waals surface area contributed by atoms with Crippen molar-refractivity contribution in [2.75, 3.05) is 13.2 Å². The first-order valence-electron chi connectivity index (χ1n) is 8.64. The van der Waals surface area contributed by atoms with Gasteiger partial charge in [-0.15, -0.1) is 0 Å². The Balaban J connectivity index is 1.73.